The predicted molar refractivity (Wildman–Crippen MR) is 62.3 cm³/mol. The summed E-state index contributed by atoms with van der Waals surface area (Å²) in [7, 11) is 0. The molecule has 1 fully saturated rings. The molecule has 0 aliphatic carbocycles. The number of hydrogen-bond donors (Lipinski definition) is 1. The number of carbonyl (C=O) groups is 1. The van der Waals surface area contributed by atoms with Crippen LogP contribution in [-0.2, 0) is 22.5 Å². The zero-order valence-corrected chi connectivity index (χ0v) is 10.2. The highest BCUT2D eigenvalue weighted by Crippen LogP contribution is 2.25. The summed E-state index contributed by atoms with van der Waals surface area (Å²) in [4.78, 5) is 15.5. The third-order valence-electron chi connectivity index (χ3n) is 3.76. The Bertz CT molecular complexity index is 451. The molecule has 1 saturated heterocycles. The molecule has 6 heteroatoms. The number of carboxylic acid groups (broad SMARTS) is 1. The monoisotopic (exact) mass is 251 g/mol. The SMILES string of the molecule is O=C(O)C1CCn2nc(C3CCCOC3)nc2C1. The van der Waals surface area contributed by atoms with Gasteiger partial charge >= 0.3 is 5.97 Å². The van der Waals surface area contributed by atoms with Crippen molar-refractivity contribution in [2.75, 3.05) is 13.2 Å². The van der Waals surface area contributed by atoms with Crippen LogP contribution in [0.1, 0.15) is 36.8 Å². The highest BCUT2D eigenvalue weighted by atomic mass is 16.5. The molecule has 2 unspecified atom stereocenters. The molecule has 98 valence electrons. The normalized spacial score (nSPS) is 27.8. The molecule has 2 aliphatic rings. The summed E-state index contributed by atoms with van der Waals surface area (Å²) in [6, 6.07) is 0. The average molecular weight is 251 g/mol. The van der Waals surface area contributed by atoms with E-state index in [1.54, 1.807) is 0 Å². The van der Waals surface area contributed by atoms with Gasteiger partial charge in [0.1, 0.15) is 5.82 Å². The van der Waals surface area contributed by atoms with Gasteiger partial charge in [0.15, 0.2) is 5.82 Å². The van der Waals surface area contributed by atoms with Crippen LogP contribution in [-0.4, -0.2) is 39.1 Å². The first-order valence-electron chi connectivity index (χ1n) is 6.48. The predicted octanol–water partition coefficient (Wildman–Crippen LogP) is 0.819. The molecule has 1 aromatic heterocycles. The maximum atomic E-state index is 11.0. The van der Waals surface area contributed by atoms with Gasteiger partial charge in [-0.2, -0.15) is 5.10 Å². The number of nitrogens with zero attached hydrogens (tertiary/aromatic N) is 3. The Labute approximate surface area is 105 Å². The Morgan fingerprint density at radius 1 is 1.44 bits per heavy atom. The second kappa shape index (κ2) is 4.68. The summed E-state index contributed by atoms with van der Waals surface area (Å²) in [5, 5.41) is 13.5. The van der Waals surface area contributed by atoms with Crippen LogP contribution >= 0.6 is 0 Å². The molecule has 6 nitrogen and oxygen atoms in total. The standard InChI is InChI=1S/C12H17N3O3/c16-12(17)8-3-4-15-10(6-8)13-11(14-15)9-2-1-5-18-7-9/h8-9H,1-7H2,(H,16,17). The van der Waals surface area contributed by atoms with Crippen molar-refractivity contribution in [3.8, 4) is 0 Å². The Balaban J connectivity index is 1.78. The molecule has 3 heterocycles. The minimum atomic E-state index is -0.730. The average Bonchev–Trinajstić information content (AvgIpc) is 2.82. The molecule has 0 radical (unpaired) electrons. The van der Waals surface area contributed by atoms with E-state index in [1.807, 2.05) is 4.68 Å². The van der Waals surface area contributed by atoms with E-state index in [9.17, 15) is 4.79 Å². The quantitative estimate of drug-likeness (QED) is 0.842. The second-order valence-electron chi connectivity index (χ2n) is 5.05. The molecule has 3 rings (SSSR count). The minimum Gasteiger partial charge on any atom is -0.481 e. The number of hydrogen-bond acceptors (Lipinski definition) is 4. The number of aliphatic carboxylic acids is 1. The summed E-state index contributed by atoms with van der Waals surface area (Å²) >= 11 is 0. The third kappa shape index (κ3) is 2.12. The van der Waals surface area contributed by atoms with Crippen molar-refractivity contribution >= 4 is 5.97 Å². The van der Waals surface area contributed by atoms with E-state index in [4.69, 9.17) is 9.84 Å². The van der Waals surface area contributed by atoms with E-state index in [0.717, 1.165) is 31.1 Å². The summed E-state index contributed by atoms with van der Waals surface area (Å²) in [5.41, 5.74) is 0. The van der Waals surface area contributed by atoms with Crippen LogP contribution in [0.25, 0.3) is 0 Å². The third-order valence-corrected chi connectivity index (χ3v) is 3.76. The van der Waals surface area contributed by atoms with E-state index >= 15 is 0 Å². The zero-order chi connectivity index (χ0) is 12.5. The highest BCUT2D eigenvalue weighted by molar-refractivity contribution is 5.70. The van der Waals surface area contributed by atoms with Crippen LogP contribution < -0.4 is 0 Å². The van der Waals surface area contributed by atoms with Crippen LogP contribution in [0.2, 0.25) is 0 Å². The van der Waals surface area contributed by atoms with Gasteiger partial charge in [0.05, 0.1) is 12.5 Å². The lowest BCUT2D eigenvalue weighted by Crippen LogP contribution is -2.26. The molecule has 1 N–H and O–H groups in total. The fourth-order valence-electron chi connectivity index (χ4n) is 2.65. The largest absolute Gasteiger partial charge is 0.481 e. The summed E-state index contributed by atoms with van der Waals surface area (Å²) in [5.74, 6) is 0.883. The minimum absolute atomic E-state index is 0.278. The van der Waals surface area contributed by atoms with E-state index in [-0.39, 0.29) is 11.8 Å². The highest BCUT2D eigenvalue weighted by Gasteiger charge is 2.29. The Morgan fingerprint density at radius 2 is 2.33 bits per heavy atom. The van der Waals surface area contributed by atoms with Crippen molar-refractivity contribution < 1.29 is 14.6 Å². The second-order valence-corrected chi connectivity index (χ2v) is 5.05. The number of aromatic nitrogens is 3. The van der Waals surface area contributed by atoms with E-state index in [0.29, 0.717) is 26.0 Å². The number of rotatable bonds is 2. The number of ether oxygens (including phenoxy) is 1. The summed E-state index contributed by atoms with van der Waals surface area (Å²) in [6.07, 6.45) is 3.25. The molecular weight excluding hydrogens is 234 g/mol. The van der Waals surface area contributed by atoms with Crippen molar-refractivity contribution in [1.82, 2.24) is 14.8 Å². The van der Waals surface area contributed by atoms with Crippen LogP contribution in [0.4, 0.5) is 0 Å². The van der Waals surface area contributed by atoms with Crippen LogP contribution in [0.5, 0.6) is 0 Å². The van der Waals surface area contributed by atoms with Gasteiger partial charge in [0, 0.05) is 25.5 Å². The van der Waals surface area contributed by atoms with Crippen LogP contribution in [0, 0.1) is 5.92 Å². The summed E-state index contributed by atoms with van der Waals surface area (Å²) < 4.78 is 7.31. The molecule has 0 aromatic carbocycles. The first kappa shape index (κ1) is 11.6. The molecule has 0 spiro atoms. The molecule has 0 saturated carbocycles. The lowest BCUT2D eigenvalue weighted by atomic mass is 9.98. The van der Waals surface area contributed by atoms with Crippen LogP contribution in [0.15, 0.2) is 0 Å². The van der Waals surface area contributed by atoms with Gasteiger partial charge in [0.2, 0.25) is 0 Å². The number of fused-ring (bicyclic) bond motifs is 1. The molecule has 1 aromatic rings. The van der Waals surface area contributed by atoms with Crippen LogP contribution in [0.3, 0.4) is 0 Å². The topological polar surface area (TPSA) is 77.2 Å². The van der Waals surface area contributed by atoms with Gasteiger partial charge in [-0.15, -0.1) is 0 Å². The maximum absolute atomic E-state index is 11.0. The molecule has 18 heavy (non-hydrogen) atoms. The van der Waals surface area contributed by atoms with Crippen molar-refractivity contribution in [1.29, 1.82) is 0 Å². The molecule has 0 amide bonds. The number of aryl methyl sites for hydroxylation is 1. The lowest BCUT2D eigenvalue weighted by Gasteiger charge is -2.18. The zero-order valence-electron chi connectivity index (χ0n) is 10.2. The lowest BCUT2D eigenvalue weighted by molar-refractivity contribution is -0.142. The van der Waals surface area contributed by atoms with Gasteiger partial charge in [-0.3, -0.25) is 4.79 Å². The Kier molecular flexibility index (Phi) is 3.03. The van der Waals surface area contributed by atoms with Crippen molar-refractivity contribution in [3.63, 3.8) is 0 Å². The van der Waals surface area contributed by atoms with Gasteiger partial charge < -0.3 is 9.84 Å². The molecule has 0 bridgehead atoms. The summed E-state index contributed by atoms with van der Waals surface area (Å²) in [6.45, 7) is 2.17. The van der Waals surface area contributed by atoms with Gasteiger partial charge in [-0.05, 0) is 19.3 Å². The maximum Gasteiger partial charge on any atom is 0.307 e. The Morgan fingerprint density at radius 3 is 3.06 bits per heavy atom. The molecule has 2 atom stereocenters. The van der Waals surface area contributed by atoms with Crippen molar-refractivity contribution in [2.24, 2.45) is 5.92 Å². The Hall–Kier alpha value is -1.43. The van der Waals surface area contributed by atoms with Gasteiger partial charge in [0.25, 0.3) is 0 Å². The van der Waals surface area contributed by atoms with Crippen molar-refractivity contribution in [2.45, 2.75) is 38.1 Å². The smallest absolute Gasteiger partial charge is 0.307 e. The van der Waals surface area contributed by atoms with E-state index in [2.05, 4.69) is 10.1 Å². The van der Waals surface area contributed by atoms with Crippen molar-refractivity contribution in [3.05, 3.63) is 11.6 Å². The number of carboxylic acids is 1. The fraction of sp³-hybridized carbons (Fsp3) is 0.750. The fourth-order valence-corrected chi connectivity index (χ4v) is 2.65. The molecular formula is C12H17N3O3. The first-order chi connectivity index (χ1) is 8.74. The van der Waals surface area contributed by atoms with Gasteiger partial charge in [-0.25, -0.2) is 9.67 Å². The first-order valence-corrected chi connectivity index (χ1v) is 6.48. The van der Waals surface area contributed by atoms with E-state index < -0.39 is 5.97 Å². The molecule has 2 aliphatic heterocycles. The van der Waals surface area contributed by atoms with E-state index in [1.165, 1.54) is 0 Å². The van der Waals surface area contributed by atoms with Gasteiger partial charge in [-0.1, -0.05) is 0 Å².